The van der Waals surface area contributed by atoms with E-state index in [1.54, 1.807) is 11.3 Å². The normalized spacial score (nSPS) is 14.9. The third-order valence-electron chi connectivity index (χ3n) is 3.55. The van der Waals surface area contributed by atoms with Crippen LogP contribution in [-0.4, -0.2) is 23.9 Å². The summed E-state index contributed by atoms with van der Waals surface area (Å²) in [6, 6.07) is 12.5. The average molecular weight is 271 g/mol. The number of amides is 1. The fourth-order valence-corrected chi connectivity index (χ4v) is 3.38. The van der Waals surface area contributed by atoms with Gasteiger partial charge in [0, 0.05) is 18.0 Å². The Balaban J connectivity index is 1.82. The van der Waals surface area contributed by atoms with Crippen LogP contribution in [0.4, 0.5) is 0 Å². The van der Waals surface area contributed by atoms with Gasteiger partial charge >= 0.3 is 0 Å². The second-order valence-corrected chi connectivity index (χ2v) is 6.11. The average Bonchev–Trinajstić information content (AvgIpc) is 3.10. The number of hydrogen-bond donors (Lipinski definition) is 0. The smallest absolute Gasteiger partial charge is 0.263 e. The molecule has 2 heterocycles. The Hall–Kier alpha value is -1.61. The van der Waals surface area contributed by atoms with Gasteiger partial charge in [-0.05, 0) is 37.5 Å². The minimum Gasteiger partial charge on any atom is -0.338 e. The van der Waals surface area contributed by atoms with E-state index in [4.69, 9.17) is 0 Å². The third-order valence-corrected chi connectivity index (χ3v) is 4.67. The molecule has 0 saturated carbocycles. The van der Waals surface area contributed by atoms with Crippen LogP contribution < -0.4 is 0 Å². The van der Waals surface area contributed by atoms with Crippen molar-refractivity contribution >= 4 is 17.2 Å². The number of benzene rings is 1. The van der Waals surface area contributed by atoms with Crippen LogP contribution in [0.25, 0.3) is 10.4 Å². The van der Waals surface area contributed by atoms with Crippen molar-refractivity contribution in [2.45, 2.75) is 19.8 Å². The highest BCUT2D eigenvalue weighted by molar-refractivity contribution is 7.17. The van der Waals surface area contributed by atoms with E-state index in [1.165, 1.54) is 16.0 Å². The lowest BCUT2D eigenvalue weighted by Gasteiger charge is -2.13. The van der Waals surface area contributed by atoms with Gasteiger partial charge in [0.05, 0.1) is 4.88 Å². The second kappa shape index (κ2) is 5.17. The molecule has 2 nitrogen and oxygen atoms in total. The predicted octanol–water partition coefficient (Wildman–Crippen LogP) is 3.96. The summed E-state index contributed by atoms with van der Waals surface area (Å²) in [6.07, 6.45) is 2.28. The molecule has 0 aliphatic carbocycles. The van der Waals surface area contributed by atoms with Crippen LogP contribution in [-0.2, 0) is 0 Å². The summed E-state index contributed by atoms with van der Waals surface area (Å²) in [5.74, 6) is 0.195. The molecule has 0 N–H and O–H groups in total. The molecule has 3 rings (SSSR count). The molecule has 1 saturated heterocycles. The molecule has 2 aromatic rings. The first-order valence-corrected chi connectivity index (χ1v) is 7.52. The summed E-state index contributed by atoms with van der Waals surface area (Å²) in [5, 5.41) is 0. The number of rotatable bonds is 2. The van der Waals surface area contributed by atoms with Gasteiger partial charge in [-0.1, -0.05) is 29.8 Å². The second-order valence-electron chi connectivity index (χ2n) is 5.03. The zero-order valence-corrected chi connectivity index (χ0v) is 11.9. The van der Waals surface area contributed by atoms with Gasteiger partial charge in [0.2, 0.25) is 0 Å². The zero-order chi connectivity index (χ0) is 13.2. The molecule has 1 fully saturated rings. The molecule has 1 aromatic heterocycles. The third kappa shape index (κ3) is 2.56. The van der Waals surface area contributed by atoms with Gasteiger partial charge in [-0.2, -0.15) is 0 Å². The van der Waals surface area contributed by atoms with Crippen LogP contribution in [0.2, 0.25) is 0 Å². The molecule has 0 bridgehead atoms. The van der Waals surface area contributed by atoms with Crippen molar-refractivity contribution in [3.63, 3.8) is 0 Å². The summed E-state index contributed by atoms with van der Waals surface area (Å²) < 4.78 is 0. The molecule has 1 amide bonds. The number of likely N-dealkylation sites (tertiary alicyclic amines) is 1. The van der Waals surface area contributed by atoms with Crippen LogP contribution in [0.1, 0.15) is 28.1 Å². The van der Waals surface area contributed by atoms with E-state index in [0.29, 0.717) is 0 Å². The SMILES string of the molecule is Cc1ccc(-c2ccc(C(=O)N3CCCC3)s2)cc1. The molecular formula is C16H17NOS. The molecule has 1 aliphatic heterocycles. The fourth-order valence-electron chi connectivity index (χ4n) is 2.40. The maximum Gasteiger partial charge on any atom is 0.263 e. The highest BCUT2D eigenvalue weighted by Gasteiger charge is 2.20. The highest BCUT2D eigenvalue weighted by Crippen LogP contribution is 2.29. The zero-order valence-electron chi connectivity index (χ0n) is 11.1. The van der Waals surface area contributed by atoms with E-state index >= 15 is 0 Å². The van der Waals surface area contributed by atoms with Crippen LogP contribution in [0, 0.1) is 6.92 Å². The fraction of sp³-hybridized carbons (Fsp3) is 0.312. The van der Waals surface area contributed by atoms with Crippen molar-refractivity contribution in [3.8, 4) is 10.4 Å². The summed E-state index contributed by atoms with van der Waals surface area (Å²) in [4.78, 5) is 16.3. The molecule has 1 aromatic carbocycles. The number of carbonyl (C=O) groups is 1. The molecular weight excluding hydrogens is 254 g/mol. The van der Waals surface area contributed by atoms with E-state index < -0.39 is 0 Å². The Bertz CT molecular complexity index is 579. The van der Waals surface area contributed by atoms with Gasteiger partial charge in [0.15, 0.2) is 0 Å². The first kappa shape index (κ1) is 12.4. The van der Waals surface area contributed by atoms with Gasteiger partial charge in [-0.15, -0.1) is 11.3 Å². The molecule has 0 radical (unpaired) electrons. The van der Waals surface area contributed by atoms with Crippen LogP contribution in [0.5, 0.6) is 0 Å². The van der Waals surface area contributed by atoms with Crippen molar-refractivity contribution in [3.05, 3.63) is 46.8 Å². The summed E-state index contributed by atoms with van der Waals surface area (Å²) in [6.45, 7) is 3.91. The van der Waals surface area contributed by atoms with E-state index in [2.05, 4.69) is 37.3 Å². The Labute approximate surface area is 117 Å². The molecule has 19 heavy (non-hydrogen) atoms. The Morgan fingerprint density at radius 1 is 1.05 bits per heavy atom. The highest BCUT2D eigenvalue weighted by atomic mass is 32.1. The molecule has 98 valence electrons. The van der Waals surface area contributed by atoms with Gasteiger partial charge in [-0.3, -0.25) is 4.79 Å². The lowest BCUT2D eigenvalue weighted by atomic mass is 10.1. The summed E-state index contributed by atoms with van der Waals surface area (Å²) in [5.41, 5.74) is 2.45. The maximum atomic E-state index is 12.3. The molecule has 1 aliphatic rings. The van der Waals surface area contributed by atoms with Crippen molar-refractivity contribution in [1.29, 1.82) is 0 Å². The number of thiophene rings is 1. The number of nitrogens with zero attached hydrogens (tertiary/aromatic N) is 1. The molecule has 0 atom stereocenters. The van der Waals surface area contributed by atoms with E-state index in [9.17, 15) is 4.79 Å². The van der Waals surface area contributed by atoms with E-state index in [0.717, 1.165) is 30.8 Å². The minimum absolute atomic E-state index is 0.195. The van der Waals surface area contributed by atoms with Crippen LogP contribution >= 0.6 is 11.3 Å². The maximum absolute atomic E-state index is 12.3. The lowest BCUT2D eigenvalue weighted by Crippen LogP contribution is -2.26. The van der Waals surface area contributed by atoms with Crippen LogP contribution in [0.3, 0.4) is 0 Å². The monoisotopic (exact) mass is 271 g/mol. The largest absolute Gasteiger partial charge is 0.338 e. The number of carbonyl (C=O) groups excluding carboxylic acids is 1. The van der Waals surface area contributed by atoms with Crippen molar-refractivity contribution in [1.82, 2.24) is 4.90 Å². The van der Waals surface area contributed by atoms with Gasteiger partial charge < -0.3 is 4.90 Å². The standard InChI is InChI=1S/C16H17NOS/c1-12-4-6-13(7-5-12)14-8-9-15(19-14)16(18)17-10-2-3-11-17/h4-9H,2-3,10-11H2,1H3. The Morgan fingerprint density at radius 3 is 2.42 bits per heavy atom. The molecule has 0 unspecified atom stereocenters. The van der Waals surface area contributed by atoms with Crippen molar-refractivity contribution in [2.75, 3.05) is 13.1 Å². The quantitative estimate of drug-likeness (QED) is 0.809. The van der Waals surface area contributed by atoms with E-state index in [-0.39, 0.29) is 5.91 Å². The first-order chi connectivity index (χ1) is 9.24. The molecule has 3 heteroatoms. The van der Waals surface area contributed by atoms with Crippen molar-refractivity contribution < 1.29 is 4.79 Å². The predicted molar refractivity (Wildman–Crippen MR) is 79.6 cm³/mol. The van der Waals surface area contributed by atoms with E-state index in [1.807, 2.05) is 11.0 Å². The van der Waals surface area contributed by atoms with Gasteiger partial charge in [0.25, 0.3) is 5.91 Å². The van der Waals surface area contributed by atoms with Gasteiger partial charge in [-0.25, -0.2) is 0 Å². The van der Waals surface area contributed by atoms with Gasteiger partial charge in [0.1, 0.15) is 0 Å². The molecule has 0 spiro atoms. The topological polar surface area (TPSA) is 20.3 Å². The summed E-state index contributed by atoms with van der Waals surface area (Å²) >= 11 is 1.60. The summed E-state index contributed by atoms with van der Waals surface area (Å²) in [7, 11) is 0. The Kier molecular flexibility index (Phi) is 3.38. The number of hydrogen-bond acceptors (Lipinski definition) is 2. The van der Waals surface area contributed by atoms with Crippen LogP contribution in [0.15, 0.2) is 36.4 Å². The minimum atomic E-state index is 0.195. The first-order valence-electron chi connectivity index (χ1n) is 6.70. The number of aryl methyl sites for hydroxylation is 1. The Morgan fingerprint density at radius 2 is 1.74 bits per heavy atom. The van der Waals surface area contributed by atoms with Crippen molar-refractivity contribution in [2.24, 2.45) is 0 Å². The lowest BCUT2D eigenvalue weighted by molar-refractivity contribution is 0.0797.